The van der Waals surface area contributed by atoms with Crippen LogP contribution in [-0.2, 0) is 0 Å². The standard InChI is InChI=1S/C10H12N2S/c1-7-3-4-9(5-11-7)10-12-8(2)6-13-10/h3-5,8H,6H2,1-2H3/t8-/m1/s1. The average Bonchev–Trinajstić information content (AvgIpc) is 2.53. The molecule has 68 valence electrons. The monoisotopic (exact) mass is 192 g/mol. The first-order chi connectivity index (χ1) is 6.25. The highest BCUT2D eigenvalue weighted by atomic mass is 32.2. The summed E-state index contributed by atoms with van der Waals surface area (Å²) in [5, 5.41) is 1.14. The van der Waals surface area contributed by atoms with Crippen molar-refractivity contribution in [1.29, 1.82) is 0 Å². The lowest BCUT2D eigenvalue weighted by atomic mass is 10.3. The summed E-state index contributed by atoms with van der Waals surface area (Å²) < 4.78 is 0. The molecule has 0 saturated heterocycles. The fourth-order valence-electron chi connectivity index (χ4n) is 1.23. The first-order valence-corrected chi connectivity index (χ1v) is 5.38. The normalized spacial score (nSPS) is 21.7. The van der Waals surface area contributed by atoms with Crippen LogP contribution >= 0.6 is 11.8 Å². The van der Waals surface area contributed by atoms with Gasteiger partial charge in [-0.25, -0.2) is 0 Å². The minimum atomic E-state index is 0.460. The third-order valence-electron chi connectivity index (χ3n) is 1.96. The van der Waals surface area contributed by atoms with Gasteiger partial charge < -0.3 is 0 Å². The van der Waals surface area contributed by atoms with E-state index in [1.165, 1.54) is 0 Å². The van der Waals surface area contributed by atoms with Crippen molar-refractivity contribution in [2.75, 3.05) is 5.75 Å². The van der Waals surface area contributed by atoms with Crippen molar-refractivity contribution in [2.45, 2.75) is 19.9 Å². The smallest absolute Gasteiger partial charge is 0.0996 e. The molecule has 2 nitrogen and oxygen atoms in total. The number of hydrogen-bond donors (Lipinski definition) is 0. The predicted octanol–water partition coefficient (Wildman–Crippen LogP) is 2.27. The van der Waals surface area contributed by atoms with Crippen LogP contribution in [0.15, 0.2) is 23.3 Å². The third-order valence-corrected chi connectivity index (χ3v) is 3.22. The maximum atomic E-state index is 4.53. The van der Waals surface area contributed by atoms with Gasteiger partial charge in [0.05, 0.1) is 11.1 Å². The molecule has 0 radical (unpaired) electrons. The lowest BCUT2D eigenvalue weighted by Gasteiger charge is -1.98. The summed E-state index contributed by atoms with van der Waals surface area (Å²) in [6, 6.07) is 4.58. The number of hydrogen-bond acceptors (Lipinski definition) is 3. The van der Waals surface area contributed by atoms with Gasteiger partial charge in [-0.05, 0) is 26.0 Å². The van der Waals surface area contributed by atoms with Crippen LogP contribution in [-0.4, -0.2) is 21.8 Å². The summed E-state index contributed by atoms with van der Waals surface area (Å²) in [7, 11) is 0. The van der Waals surface area contributed by atoms with E-state index in [1.807, 2.05) is 30.9 Å². The van der Waals surface area contributed by atoms with Gasteiger partial charge in [0, 0.05) is 23.2 Å². The second-order valence-electron chi connectivity index (χ2n) is 3.28. The highest BCUT2D eigenvalue weighted by Gasteiger charge is 2.15. The van der Waals surface area contributed by atoms with Gasteiger partial charge in [0.1, 0.15) is 0 Å². The Kier molecular flexibility index (Phi) is 2.36. The molecule has 0 fully saturated rings. The minimum Gasteiger partial charge on any atom is -0.274 e. The predicted molar refractivity (Wildman–Crippen MR) is 57.4 cm³/mol. The molecule has 0 unspecified atom stereocenters. The van der Waals surface area contributed by atoms with Crippen molar-refractivity contribution in [2.24, 2.45) is 4.99 Å². The van der Waals surface area contributed by atoms with E-state index in [9.17, 15) is 0 Å². The summed E-state index contributed by atoms with van der Waals surface area (Å²) in [6.45, 7) is 4.14. The van der Waals surface area contributed by atoms with Crippen molar-refractivity contribution in [3.63, 3.8) is 0 Å². The van der Waals surface area contributed by atoms with Gasteiger partial charge >= 0.3 is 0 Å². The molecule has 1 atom stereocenters. The highest BCUT2D eigenvalue weighted by molar-refractivity contribution is 8.14. The maximum Gasteiger partial charge on any atom is 0.0996 e. The number of thioether (sulfide) groups is 1. The van der Waals surface area contributed by atoms with E-state index in [1.54, 1.807) is 0 Å². The van der Waals surface area contributed by atoms with Crippen LogP contribution in [0.2, 0.25) is 0 Å². The van der Waals surface area contributed by atoms with Crippen LogP contribution in [0.1, 0.15) is 18.2 Å². The van der Waals surface area contributed by atoms with Crippen LogP contribution in [0.4, 0.5) is 0 Å². The lowest BCUT2D eigenvalue weighted by Crippen LogP contribution is -1.94. The van der Waals surface area contributed by atoms with Gasteiger partial charge in [0.15, 0.2) is 0 Å². The molecular weight excluding hydrogens is 180 g/mol. The molecule has 1 aromatic rings. The van der Waals surface area contributed by atoms with Crippen LogP contribution in [0.25, 0.3) is 0 Å². The van der Waals surface area contributed by atoms with E-state index in [2.05, 4.69) is 23.0 Å². The van der Waals surface area contributed by atoms with E-state index in [0.717, 1.165) is 22.1 Å². The summed E-state index contributed by atoms with van der Waals surface area (Å²) in [5.74, 6) is 1.10. The van der Waals surface area contributed by atoms with Crippen LogP contribution in [0.5, 0.6) is 0 Å². The summed E-state index contributed by atoms with van der Waals surface area (Å²) in [6.07, 6.45) is 1.90. The Morgan fingerprint density at radius 2 is 2.31 bits per heavy atom. The Hall–Kier alpha value is -0.830. The third kappa shape index (κ3) is 1.91. The van der Waals surface area contributed by atoms with Crippen molar-refractivity contribution in [1.82, 2.24) is 4.98 Å². The zero-order chi connectivity index (χ0) is 9.26. The zero-order valence-corrected chi connectivity index (χ0v) is 8.64. The molecule has 0 aliphatic carbocycles. The number of aliphatic imine (C=N–C) groups is 1. The summed E-state index contributed by atoms with van der Waals surface area (Å²) >= 11 is 1.82. The van der Waals surface area contributed by atoms with Crippen molar-refractivity contribution in [3.8, 4) is 0 Å². The first kappa shape index (κ1) is 8.75. The van der Waals surface area contributed by atoms with E-state index in [-0.39, 0.29) is 0 Å². The van der Waals surface area contributed by atoms with Crippen LogP contribution in [0, 0.1) is 6.92 Å². The maximum absolute atomic E-state index is 4.53. The van der Waals surface area contributed by atoms with Crippen molar-refractivity contribution in [3.05, 3.63) is 29.6 Å². The summed E-state index contributed by atoms with van der Waals surface area (Å²) in [4.78, 5) is 8.78. The number of aryl methyl sites for hydroxylation is 1. The molecular formula is C10H12N2S. The molecule has 0 aromatic carbocycles. The number of nitrogens with zero attached hydrogens (tertiary/aromatic N) is 2. The average molecular weight is 192 g/mol. The molecule has 1 aromatic heterocycles. The zero-order valence-electron chi connectivity index (χ0n) is 7.82. The Morgan fingerprint density at radius 3 is 2.85 bits per heavy atom. The van der Waals surface area contributed by atoms with Crippen molar-refractivity contribution >= 4 is 16.8 Å². The van der Waals surface area contributed by atoms with Gasteiger partial charge in [-0.1, -0.05) is 0 Å². The molecule has 1 aliphatic rings. The van der Waals surface area contributed by atoms with E-state index in [4.69, 9.17) is 0 Å². The highest BCUT2D eigenvalue weighted by Crippen LogP contribution is 2.22. The van der Waals surface area contributed by atoms with Crippen molar-refractivity contribution < 1.29 is 0 Å². The van der Waals surface area contributed by atoms with Gasteiger partial charge in [-0.3, -0.25) is 9.98 Å². The van der Waals surface area contributed by atoms with E-state index < -0.39 is 0 Å². The minimum absolute atomic E-state index is 0.460. The molecule has 13 heavy (non-hydrogen) atoms. The molecule has 2 heterocycles. The van der Waals surface area contributed by atoms with Gasteiger partial charge in [0.2, 0.25) is 0 Å². The van der Waals surface area contributed by atoms with Crippen LogP contribution < -0.4 is 0 Å². The second-order valence-corrected chi connectivity index (χ2v) is 4.29. The van der Waals surface area contributed by atoms with E-state index >= 15 is 0 Å². The lowest BCUT2D eigenvalue weighted by molar-refractivity contribution is 0.865. The van der Waals surface area contributed by atoms with Crippen LogP contribution in [0.3, 0.4) is 0 Å². The Balaban J connectivity index is 2.26. The Morgan fingerprint density at radius 1 is 1.46 bits per heavy atom. The number of rotatable bonds is 1. The molecule has 0 amide bonds. The quantitative estimate of drug-likeness (QED) is 0.682. The topological polar surface area (TPSA) is 25.2 Å². The number of pyridine rings is 1. The van der Waals surface area contributed by atoms with Gasteiger partial charge in [-0.2, -0.15) is 0 Å². The molecule has 1 aliphatic heterocycles. The van der Waals surface area contributed by atoms with E-state index in [0.29, 0.717) is 6.04 Å². The fourth-order valence-corrected chi connectivity index (χ4v) is 2.24. The Bertz CT molecular complexity index is 329. The number of aromatic nitrogens is 1. The molecule has 0 saturated carbocycles. The fraction of sp³-hybridized carbons (Fsp3) is 0.400. The second kappa shape index (κ2) is 3.50. The summed E-state index contributed by atoms with van der Waals surface area (Å²) in [5.41, 5.74) is 2.21. The van der Waals surface area contributed by atoms with Gasteiger partial charge in [0.25, 0.3) is 0 Å². The molecule has 0 N–H and O–H groups in total. The molecule has 0 bridgehead atoms. The SMILES string of the molecule is Cc1ccc(C2=N[C@H](C)CS2)cn1. The Labute approximate surface area is 82.5 Å². The molecule has 2 rings (SSSR count). The van der Waals surface area contributed by atoms with Gasteiger partial charge in [-0.15, -0.1) is 11.8 Å². The molecule has 3 heteroatoms. The first-order valence-electron chi connectivity index (χ1n) is 4.39. The largest absolute Gasteiger partial charge is 0.274 e. The molecule has 0 spiro atoms.